The van der Waals surface area contributed by atoms with E-state index in [1.807, 2.05) is 0 Å². The minimum Gasteiger partial charge on any atom is -0.478 e. The lowest BCUT2D eigenvalue weighted by Gasteiger charge is -1.96. The van der Waals surface area contributed by atoms with Crippen molar-refractivity contribution in [1.82, 2.24) is 4.98 Å². The number of halogens is 1. The van der Waals surface area contributed by atoms with E-state index in [1.165, 1.54) is 6.20 Å². The van der Waals surface area contributed by atoms with Crippen molar-refractivity contribution in [2.45, 2.75) is 0 Å². The fraction of sp³-hybridized carbons (Fsp3) is 0. The number of aliphatic carboxylic acids is 1. The Kier molecular flexibility index (Phi) is 4.00. The SMILES string of the molecule is C=C(C(=O)O)c1ccccn1.Cl. The first kappa shape index (κ1) is 10.7. The van der Waals surface area contributed by atoms with Crippen molar-refractivity contribution in [2.75, 3.05) is 0 Å². The number of nitrogens with zero attached hydrogens (tertiary/aromatic N) is 1. The number of hydrogen-bond acceptors (Lipinski definition) is 2. The molecular formula is C8H8ClNO2. The zero-order valence-electron chi connectivity index (χ0n) is 6.23. The van der Waals surface area contributed by atoms with Crippen molar-refractivity contribution in [3.05, 3.63) is 36.7 Å². The van der Waals surface area contributed by atoms with Gasteiger partial charge in [0, 0.05) is 6.20 Å². The number of rotatable bonds is 2. The van der Waals surface area contributed by atoms with E-state index in [1.54, 1.807) is 18.2 Å². The molecule has 64 valence electrons. The molecule has 4 heteroatoms. The van der Waals surface area contributed by atoms with Crippen LogP contribution in [0.3, 0.4) is 0 Å². The highest BCUT2D eigenvalue weighted by Gasteiger charge is 2.06. The van der Waals surface area contributed by atoms with Crippen LogP contribution in [0.2, 0.25) is 0 Å². The molecule has 0 unspecified atom stereocenters. The summed E-state index contributed by atoms with van der Waals surface area (Å²) in [6.45, 7) is 3.36. The van der Waals surface area contributed by atoms with Gasteiger partial charge in [-0.3, -0.25) is 4.98 Å². The molecule has 0 atom stereocenters. The van der Waals surface area contributed by atoms with Gasteiger partial charge in [-0.15, -0.1) is 12.4 Å². The first-order valence-electron chi connectivity index (χ1n) is 3.05. The van der Waals surface area contributed by atoms with Crippen LogP contribution >= 0.6 is 12.4 Å². The lowest BCUT2D eigenvalue weighted by atomic mass is 10.2. The third-order valence-electron chi connectivity index (χ3n) is 1.23. The minimum absolute atomic E-state index is 0. The summed E-state index contributed by atoms with van der Waals surface area (Å²) in [7, 11) is 0. The van der Waals surface area contributed by atoms with Crippen LogP contribution < -0.4 is 0 Å². The predicted molar refractivity (Wildman–Crippen MR) is 48.2 cm³/mol. The lowest BCUT2D eigenvalue weighted by molar-refractivity contribution is -0.130. The van der Waals surface area contributed by atoms with Gasteiger partial charge in [0.1, 0.15) is 0 Å². The van der Waals surface area contributed by atoms with Gasteiger partial charge in [-0.05, 0) is 12.1 Å². The van der Waals surface area contributed by atoms with Gasteiger partial charge >= 0.3 is 5.97 Å². The summed E-state index contributed by atoms with van der Waals surface area (Å²) in [4.78, 5) is 14.2. The minimum atomic E-state index is -1.04. The molecule has 1 heterocycles. The maximum atomic E-state index is 10.4. The molecule has 12 heavy (non-hydrogen) atoms. The zero-order chi connectivity index (χ0) is 8.27. The molecular weight excluding hydrogens is 178 g/mol. The molecule has 0 saturated heterocycles. The Bertz CT molecular complexity index is 284. The summed E-state index contributed by atoms with van der Waals surface area (Å²) in [6, 6.07) is 5.05. The number of hydrogen-bond donors (Lipinski definition) is 1. The largest absolute Gasteiger partial charge is 0.478 e. The van der Waals surface area contributed by atoms with Gasteiger partial charge in [-0.1, -0.05) is 12.6 Å². The first-order chi connectivity index (χ1) is 5.22. The second-order valence-corrected chi connectivity index (χ2v) is 2.00. The van der Waals surface area contributed by atoms with Crippen LogP contribution in [0.15, 0.2) is 31.0 Å². The second-order valence-electron chi connectivity index (χ2n) is 2.00. The zero-order valence-corrected chi connectivity index (χ0v) is 7.04. The Hall–Kier alpha value is -1.35. The Labute approximate surface area is 76.2 Å². The van der Waals surface area contributed by atoms with Crippen LogP contribution in [0.5, 0.6) is 0 Å². The van der Waals surface area contributed by atoms with Crippen molar-refractivity contribution >= 4 is 23.9 Å². The van der Waals surface area contributed by atoms with E-state index < -0.39 is 5.97 Å². The highest BCUT2D eigenvalue weighted by atomic mass is 35.5. The average molecular weight is 186 g/mol. The van der Waals surface area contributed by atoms with Crippen LogP contribution in [0, 0.1) is 0 Å². The maximum absolute atomic E-state index is 10.4. The number of carboxylic acid groups (broad SMARTS) is 1. The molecule has 0 spiro atoms. The Balaban J connectivity index is 0.00000121. The summed E-state index contributed by atoms with van der Waals surface area (Å²) < 4.78 is 0. The normalized spacial score (nSPS) is 8.33. The summed E-state index contributed by atoms with van der Waals surface area (Å²) in [5, 5.41) is 8.50. The number of pyridine rings is 1. The molecule has 0 aliphatic heterocycles. The summed E-state index contributed by atoms with van der Waals surface area (Å²) in [5.41, 5.74) is 0.422. The lowest BCUT2D eigenvalue weighted by Crippen LogP contribution is -1.99. The highest BCUT2D eigenvalue weighted by Crippen LogP contribution is 2.06. The van der Waals surface area contributed by atoms with Gasteiger partial charge in [-0.2, -0.15) is 0 Å². The van der Waals surface area contributed by atoms with Crippen LogP contribution in [-0.2, 0) is 4.79 Å². The predicted octanol–water partition coefficient (Wildman–Crippen LogP) is 1.60. The first-order valence-corrected chi connectivity index (χ1v) is 3.05. The number of carboxylic acids is 1. The van der Waals surface area contributed by atoms with Crippen LogP contribution in [0.4, 0.5) is 0 Å². The molecule has 1 N–H and O–H groups in total. The summed E-state index contributed by atoms with van der Waals surface area (Å²) in [6.07, 6.45) is 1.53. The van der Waals surface area contributed by atoms with Crippen molar-refractivity contribution in [1.29, 1.82) is 0 Å². The molecule has 0 aliphatic rings. The van der Waals surface area contributed by atoms with Crippen molar-refractivity contribution in [3.63, 3.8) is 0 Å². The second kappa shape index (κ2) is 4.51. The monoisotopic (exact) mass is 185 g/mol. The van der Waals surface area contributed by atoms with E-state index in [2.05, 4.69) is 11.6 Å². The molecule has 1 rings (SSSR count). The molecule has 0 aliphatic carbocycles. The van der Waals surface area contributed by atoms with E-state index in [9.17, 15) is 4.79 Å². The molecule has 0 aromatic carbocycles. The molecule has 3 nitrogen and oxygen atoms in total. The van der Waals surface area contributed by atoms with Crippen molar-refractivity contribution in [3.8, 4) is 0 Å². The fourth-order valence-electron chi connectivity index (χ4n) is 0.651. The topological polar surface area (TPSA) is 50.2 Å². The fourth-order valence-corrected chi connectivity index (χ4v) is 0.651. The van der Waals surface area contributed by atoms with Gasteiger partial charge in [0.05, 0.1) is 11.3 Å². The molecule has 0 fully saturated rings. The van der Waals surface area contributed by atoms with Crippen molar-refractivity contribution in [2.24, 2.45) is 0 Å². The molecule has 0 radical (unpaired) electrons. The van der Waals surface area contributed by atoms with Gasteiger partial charge in [0.25, 0.3) is 0 Å². The molecule has 1 aromatic rings. The Morgan fingerprint density at radius 2 is 2.17 bits per heavy atom. The molecule has 1 aromatic heterocycles. The van der Waals surface area contributed by atoms with E-state index in [4.69, 9.17) is 5.11 Å². The standard InChI is InChI=1S/C8H7NO2.ClH/c1-6(8(10)11)7-4-2-3-5-9-7;/h2-5H,1H2,(H,10,11);1H. The molecule has 0 saturated carbocycles. The Morgan fingerprint density at radius 1 is 1.50 bits per heavy atom. The van der Waals surface area contributed by atoms with Crippen LogP contribution in [-0.4, -0.2) is 16.1 Å². The summed E-state index contributed by atoms with van der Waals surface area (Å²) >= 11 is 0. The number of aromatic nitrogens is 1. The third kappa shape index (κ3) is 2.36. The van der Waals surface area contributed by atoms with Crippen molar-refractivity contribution < 1.29 is 9.90 Å². The summed E-state index contributed by atoms with van der Waals surface area (Å²) in [5.74, 6) is -1.04. The highest BCUT2D eigenvalue weighted by molar-refractivity contribution is 6.13. The molecule has 0 amide bonds. The van der Waals surface area contributed by atoms with E-state index >= 15 is 0 Å². The van der Waals surface area contributed by atoms with Gasteiger partial charge in [0.2, 0.25) is 0 Å². The van der Waals surface area contributed by atoms with Gasteiger partial charge in [-0.25, -0.2) is 4.79 Å². The van der Waals surface area contributed by atoms with Crippen LogP contribution in [0.25, 0.3) is 5.57 Å². The van der Waals surface area contributed by atoms with Gasteiger partial charge in [0.15, 0.2) is 0 Å². The van der Waals surface area contributed by atoms with Crippen LogP contribution in [0.1, 0.15) is 5.69 Å². The Morgan fingerprint density at radius 3 is 2.58 bits per heavy atom. The average Bonchev–Trinajstić information content (AvgIpc) is 2.05. The van der Waals surface area contributed by atoms with E-state index in [0.29, 0.717) is 5.69 Å². The number of carbonyl (C=O) groups is 1. The smallest absolute Gasteiger partial charge is 0.337 e. The van der Waals surface area contributed by atoms with Gasteiger partial charge < -0.3 is 5.11 Å². The van der Waals surface area contributed by atoms with E-state index in [-0.39, 0.29) is 18.0 Å². The maximum Gasteiger partial charge on any atom is 0.337 e. The third-order valence-corrected chi connectivity index (χ3v) is 1.23. The quantitative estimate of drug-likeness (QED) is 0.713. The molecule has 0 bridgehead atoms. The van der Waals surface area contributed by atoms with E-state index in [0.717, 1.165) is 0 Å².